The van der Waals surface area contributed by atoms with Crippen LogP contribution in [-0.2, 0) is 20.8 Å². The Morgan fingerprint density at radius 2 is 1.74 bits per heavy atom. The van der Waals surface area contributed by atoms with Crippen LogP contribution in [0.5, 0.6) is 0 Å². The SMILES string of the molecule is COC1CN(C(=O)OCc2ccccc2)C[C@@H]1OC. The molecule has 19 heavy (non-hydrogen) atoms. The minimum absolute atomic E-state index is 0.0886. The van der Waals surface area contributed by atoms with E-state index in [2.05, 4.69) is 0 Å². The van der Waals surface area contributed by atoms with Gasteiger partial charge in [0, 0.05) is 14.2 Å². The Kier molecular flexibility index (Phi) is 4.76. The van der Waals surface area contributed by atoms with Crippen LogP contribution in [0, 0.1) is 0 Å². The predicted molar refractivity (Wildman–Crippen MR) is 69.8 cm³/mol. The van der Waals surface area contributed by atoms with Crippen molar-refractivity contribution in [3.8, 4) is 0 Å². The lowest BCUT2D eigenvalue weighted by atomic mass is 10.2. The molecule has 1 unspecified atom stereocenters. The van der Waals surface area contributed by atoms with Crippen molar-refractivity contribution in [2.24, 2.45) is 0 Å². The van der Waals surface area contributed by atoms with Crippen molar-refractivity contribution in [3.05, 3.63) is 35.9 Å². The Morgan fingerprint density at radius 3 is 2.26 bits per heavy atom. The van der Waals surface area contributed by atoms with Crippen molar-refractivity contribution in [1.82, 2.24) is 4.90 Å². The molecule has 0 aromatic heterocycles. The summed E-state index contributed by atoms with van der Waals surface area (Å²) in [4.78, 5) is 13.6. The van der Waals surface area contributed by atoms with Crippen molar-refractivity contribution in [1.29, 1.82) is 0 Å². The number of carbonyl (C=O) groups is 1. The van der Waals surface area contributed by atoms with Gasteiger partial charge in [0.2, 0.25) is 0 Å². The van der Waals surface area contributed by atoms with Crippen LogP contribution in [-0.4, -0.2) is 50.5 Å². The minimum atomic E-state index is -0.328. The first-order chi connectivity index (χ1) is 9.24. The number of hydrogen-bond donors (Lipinski definition) is 0. The Labute approximate surface area is 113 Å². The van der Waals surface area contributed by atoms with Crippen LogP contribution in [0.25, 0.3) is 0 Å². The van der Waals surface area contributed by atoms with E-state index in [-0.39, 0.29) is 24.9 Å². The van der Waals surface area contributed by atoms with E-state index in [0.717, 1.165) is 5.56 Å². The largest absolute Gasteiger partial charge is 0.445 e. The fraction of sp³-hybridized carbons (Fsp3) is 0.500. The molecule has 1 saturated heterocycles. The molecule has 1 aliphatic rings. The van der Waals surface area contributed by atoms with Gasteiger partial charge in [-0.15, -0.1) is 0 Å². The fourth-order valence-corrected chi connectivity index (χ4v) is 2.16. The lowest BCUT2D eigenvalue weighted by Gasteiger charge is -2.15. The molecule has 2 rings (SSSR count). The molecule has 1 aromatic rings. The van der Waals surface area contributed by atoms with E-state index < -0.39 is 0 Å². The third-order valence-electron chi connectivity index (χ3n) is 3.28. The molecule has 1 aromatic carbocycles. The van der Waals surface area contributed by atoms with Gasteiger partial charge in [0.15, 0.2) is 0 Å². The number of benzene rings is 1. The first-order valence-corrected chi connectivity index (χ1v) is 6.25. The summed E-state index contributed by atoms with van der Waals surface area (Å²) in [5.41, 5.74) is 0.974. The molecule has 1 fully saturated rings. The summed E-state index contributed by atoms with van der Waals surface area (Å²) < 4.78 is 15.8. The van der Waals surface area contributed by atoms with Gasteiger partial charge < -0.3 is 19.1 Å². The smallest absolute Gasteiger partial charge is 0.410 e. The number of methoxy groups -OCH3 is 2. The lowest BCUT2D eigenvalue weighted by Crippen LogP contribution is -2.30. The maximum absolute atomic E-state index is 11.9. The van der Waals surface area contributed by atoms with Crippen LogP contribution in [0.15, 0.2) is 30.3 Å². The van der Waals surface area contributed by atoms with Crippen LogP contribution in [0.1, 0.15) is 5.56 Å². The third kappa shape index (κ3) is 3.45. The van der Waals surface area contributed by atoms with Crippen LogP contribution in [0.3, 0.4) is 0 Å². The number of amides is 1. The second kappa shape index (κ2) is 6.54. The van der Waals surface area contributed by atoms with Gasteiger partial charge in [0.05, 0.1) is 13.1 Å². The summed E-state index contributed by atoms with van der Waals surface area (Å²) in [6.45, 7) is 1.29. The van der Waals surface area contributed by atoms with Gasteiger partial charge in [-0.2, -0.15) is 0 Å². The monoisotopic (exact) mass is 265 g/mol. The Balaban J connectivity index is 1.84. The van der Waals surface area contributed by atoms with Gasteiger partial charge in [-0.3, -0.25) is 0 Å². The average molecular weight is 265 g/mol. The molecular formula is C14H19NO4. The molecule has 0 bridgehead atoms. The van der Waals surface area contributed by atoms with Crippen molar-refractivity contribution in [2.45, 2.75) is 18.8 Å². The predicted octanol–water partition coefficient (Wildman–Crippen LogP) is 1.67. The average Bonchev–Trinajstić information content (AvgIpc) is 2.89. The van der Waals surface area contributed by atoms with E-state index in [9.17, 15) is 4.79 Å². The van der Waals surface area contributed by atoms with Gasteiger partial charge in [0.25, 0.3) is 0 Å². The number of hydrogen-bond acceptors (Lipinski definition) is 4. The van der Waals surface area contributed by atoms with Gasteiger partial charge in [0.1, 0.15) is 18.8 Å². The number of carbonyl (C=O) groups excluding carboxylic acids is 1. The highest BCUT2D eigenvalue weighted by Gasteiger charge is 2.36. The quantitative estimate of drug-likeness (QED) is 0.831. The van der Waals surface area contributed by atoms with Crippen LogP contribution >= 0.6 is 0 Å². The maximum atomic E-state index is 11.9. The zero-order chi connectivity index (χ0) is 13.7. The van der Waals surface area contributed by atoms with Crippen molar-refractivity contribution >= 4 is 6.09 Å². The van der Waals surface area contributed by atoms with Gasteiger partial charge in [-0.25, -0.2) is 4.79 Å². The van der Waals surface area contributed by atoms with Crippen LogP contribution < -0.4 is 0 Å². The number of nitrogens with zero attached hydrogens (tertiary/aromatic N) is 1. The molecule has 2 atom stereocenters. The van der Waals surface area contributed by atoms with E-state index in [4.69, 9.17) is 14.2 Å². The number of likely N-dealkylation sites (tertiary alicyclic amines) is 1. The summed E-state index contributed by atoms with van der Waals surface area (Å²) in [6.07, 6.45) is -0.506. The first kappa shape index (κ1) is 13.8. The van der Waals surface area contributed by atoms with Crippen molar-refractivity contribution in [3.63, 3.8) is 0 Å². The number of ether oxygens (including phenoxy) is 3. The molecule has 0 spiro atoms. The summed E-state index contributed by atoms with van der Waals surface area (Å²) in [7, 11) is 3.24. The second-order valence-electron chi connectivity index (χ2n) is 4.49. The lowest BCUT2D eigenvalue weighted by molar-refractivity contribution is -0.00461. The molecule has 0 saturated carbocycles. The summed E-state index contributed by atoms with van der Waals surface area (Å²) in [6, 6.07) is 9.61. The zero-order valence-corrected chi connectivity index (χ0v) is 11.2. The molecule has 0 radical (unpaired) electrons. The van der Waals surface area contributed by atoms with E-state index in [1.54, 1.807) is 19.1 Å². The third-order valence-corrected chi connectivity index (χ3v) is 3.28. The highest BCUT2D eigenvalue weighted by atomic mass is 16.6. The Morgan fingerprint density at radius 1 is 1.16 bits per heavy atom. The number of rotatable bonds is 4. The Hall–Kier alpha value is -1.59. The molecule has 1 amide bonds. The second-order valence-corrected chi connectivity index (χ2v) is 4.49. The van der Waals surface area contributed by atoms with Crippen LogP contribution in [0.2, 0.25) is 0 Å². The van der Waals surface area contributed by atoms with Crippen LogP contribution in [0.4, 0.5) is 4.79 Å². The highest BCUT2D eigenvalue weighted by molar-refractivity contribution is 5.68. The van der Waals surface area contributed by atoms with Crippen molar-refractivity contribution in [2.75, 3.05) is 27.3 Å². The topological polar surface area (TPSA) is 48.0 Å². The molecule has 5 nitrogen and oxygen atoms in total. The standard InChI is InChI=1S/C14H19NO4/c1-17-12-8-15(9-13(12)18-2)14(16)19-10-11-6-4-3-5-7-11/h3-7,12-13H,8-10H2,1-2H3/t12-,13?/m0/s1. The molecule has 0 N–H and O–H groups in total. The van der Waals surface area contributed by atoms with Gasteiger partial charge in [-0.1, -0.05) is 30.3 Å². The first-order valence-electron chi connectivity index (χ1n) is 6.25. The molecule has 104 valence electrons. The minimum Gasteiger partial charge on any atom is -0.445 e. The van der Waals surface area contributed by atoms with E-state index >= 15 is 0 Å². The summed E-state index contributed by atoms with van der Waals surface area (Å²) >= 11 is 0. The molecule has 0 aliphatic carbocycles. The molecule has 5 heteroatoms. The van der Waals surface area contributed by atoms with E-state index in [0.29, 0.717) is 13.1 Å². The Bertz CT molecular complexity index is 397. The van der Waals surface area contributed by atoms with Gasteiger partial charge >= 0.3 is 6.09 Å². The maximum Gasteiger partial charge on any atom is 0.410 e. The fourth-order valence-electron chi connectivity index (χ4n) is 2.16. The van der Waals surface area contributed by atoms with Crippen molar-refractivity contribution < 1.29 is 19.0 Å². The van der Waals surface area contributed by atoms with E-state index in [1.807, 2.05) is 30.3 Å². The van der Waals surface area contributed by atoms with Gasteiger partial charge in [-0.05, 0) is 5.56 Å². The zero-order valence-electron chi connectivity index (χ0n) is 11.2. The summed E-state index contributed by atoms with van der Waals surface area (Å²) in [5, 5.41) is 0. The molecule has 1 heterocycles. The molecule has 1 aliphatic heterocycles. The normalized spacial score (nSPS) is 22.5. The highest BCUT2D eigenvalue weighted by Crippen LogP contribution is 2.17. The summed E-state index contributed by atoms with van der Waals surface area (Å²) in [5.74, 6) is 0. The molecular weight excluding hydrogens is 246 g/mol. The van der Waals surface area contributed by atoms with E-state index in [1.165, 1.54) is 0 Å².